The predicted octanol–water partition coefficient (Wildman–Crippen LogP) is 6.05. The van der Waals surface area contributed by atoms with Gasteiger partial charge in [0.05, 0.1) is 17.3 Å². The molecule has 0 N–H and O–H groups in total. The molecular formula is C23H19NO2S. The molecule has 0 spiro atoms. The molecule has 0 unspecified atom stereocenters. The third kappa shape index (κ3) is 4.18. The summed E-state index contributed by atoms with van der Waals surface area (Å²) in [6.07, 6.45) is 4.08. The summed E-state index contributed by atoms with van der Waals surface area (Å²) in [4.78, 5) is 4.64. The lowest BCUT2D eigenvalue weighted by Gasteiger charge is -2.11. The van der Waals surface area contributed by atoms with Gasteiger partial charge < -0.3 is 9.47 Å². The van der Waals surface area contributed by atoms with Gasteiger partial charge in [0, 0.05) is 0 Å². The fourth-order valence-electron chi connectivity index (χ4n) is 2.77. The van der Waals surface area contributed by atoms with E-state index in [4.69, 9.17) is 9.47 Å². The van der Waals surface area contributed by atoms with Gasteiger partial charge in [0.15, 0.2) is 11.5 Å². The molecule has 4 aromatic rings. The molecule has 0 fully saturated rings. The SMILES string of the molecule is COc1ccc(/C=C/c2nc3ccccc3s2)cc1OCc1ccccc1. The normalized spacial score (nSPS) is 11.1. The zero-order valence-corrected chi connectivity index (χ0v) is 15.8. The van der Waals surface area contributed by atoms with E-state index in [-0.39, 0.29) is 0 Å². The van der Waals surface area contributed by atoms with Crippen molar-refractivity contribution in [3.8, 4) is 11.5 Å². The summed E-state index contributed by atoms with van der Waals surface area (Å²) in [5.41, 5.74) is 3.19. The van der Waals surface area contributed by atoms with Gasteiger partial charge in [0.1, 0.15) is 11.6 Å². The van der Waals surface area contributed by atoms with Crippen LogP contribution < -0.4 is 9.47 Å². The molecule has 0 aliphatic heterocycles. The number of nitrogens with zero attached hydrogens (tertiary/aromatic N) is 1. The fraction of sp³-hybridized carbons (Fsp3) is 0.0870. The highest BCUT2D eigenvalue weighted by Crippen LogP contribution is 2.30. The number of ether oxygens (including phenoxy) is 2. The average molecular weight is 373 g/mol. The van der Waals surface area contributed by atoms with E-state index in [9.17, 15) is 0 Å². The largest absolute Gasteiger partial charge is 0.493 e. The minimum absolute atomic E-state index is 0.502. The standard InChI is InChI=1S/C23H19NO2S/c1-25-20-13-11-17(15-21(20)26-16-18-7-3-2-4-8-18)12-14-23-24-19-9-5-6-10-22(19)27-23/h2-15H,16H2,1H3/b14-12+. The van der Waals surface area contributed by atoms with Gasteiger partial charge in [-0.05, 0) is 41.5 Å². The van der Waals surface area contributed by atoms with E-state index in [1.807, 2.05) is 78.9 Å². The molecule has 4 heteroatoms. The van der Waals surface area contributed by atoms with Gasteiger partial charge in [-0.25, -0.2) is 4.98 Å². The summed E-state index contributed by atoms with van der Waals surface area (Å²) >= 11 is 1.68. The molecule has 0 amide bonds. The highest BCUT2D eigenvalue weighted by atomic mass is 32.1. The summed E-state index contributed by atoms with van der Waals surface area (Å²) in [5, 5.41) is 0.985. The van der Waals surface area contributed by atoms with Crippen LogP contribution in [-0.2, 0) is 6.61 Å². The number of methoxy groups -OCH3 is 1. The number of hydrogen-bond donors (Lipinski definition) is 0. The molecule has 0 bridgehead atoms. The van der Waals surface area contributed by atoms with Gasteiger partial charge in [-0.3, -0.25) is 0 Å². The third-order valence-corrected chi connectivity index (χ3v) is 5.16. The summed E-state index contributed by atoms with van der Waals surface area (Å²) in [6.45, 7) is 0.502. The smallest absolute Gasteiger partial charge is 0.162 e. The maximum Gasteiger partial charge on any atom is 0.162 e. The van der Waals surface area contributed by atoms with Crippen LogP contribution >= 0.6 is 11.3 Å². The van der Waals surface area contributed by atoms with Gasteiger partial charge in [0.2, 0.25) is 0 Å². The molecule has 0 saturated heterocycles. The number of hydrogen-bond acceptors (Lipinski definition) is 4. The van der Waals surface area contributed by atoms with Crippen LogP contribution in [0.2, 0.25) is 0 Å². The van der Waals surface area contributed by atoms with Crippen molar-refractivity contribution in [3.05, 3.63) is 88.9 Å². The zero-order valence-electron chi connectivity index (χ0n) is 15.0. The molecular weight excluding hydrogens is 354 g/mol. The summed E-state index contributed by atoms with van der Waals surface area (Å²) in [5.74, 6) is 1.45. The highest BCUT2D eigenvalue weighted by Gasteiger charge is 2.06. The first-order chi connectivity index (χ1) is 13.3. The molecule has 0 atom stereocenters. The van der Waals surface area contributed by atoms with Crippen LogP contribution in [0.3, 0.4) is 0 Å². The van der Waals surface area contributed by atoms with Crippen LogP contribution in [-0.4, -0.2) is 12.1 Å². The quantitative estimate of drug-likeness (QED) is 0.412. The molecule has 134 valence electrons. The Morgan fingerprint density at radius 1 is 0.889 bits per heavy atom. The van der Waals surface area contributed by atoms with Gasteiger partial charge in [-0.1, -0.05) is 54.6 Å². The second kappa shape index (κ2) is 8.06. The Labute approximate surface area is 162 Å². The minimum atomic E-state index is 0.502. The van der Waals surface area contributed by atoms with E-state index in [0.29, 0.717) is 6.61 Å². The van der Waals surface area contributed by atoms with E-state index in [1.54, 1.807) is 18.4 Å². The molecule has 1 aromatic heterocycles. The van der Waals surface area contributed by atoms with Gasteiger partial charge in [0.25, 0.3) is 0 Å². The van der Waals surface area contributed by atoms with Gasteiger partial charge in [-0.15, -0.1) is 11.3 Å². The molecule has 27 heavy (non-hydrogen) atoms. The van der Waals surface area contributed by atoms with Gasteiger partial charge in [-0.2, -0.15) is 0 Å². The van der Waals surface area contributed by atoms with Crippen molar-refractivity contribution in [2.24, 2.45) is 0 Å². The summed E-state index contributed by atoms with van der Waals surface area (Å²) in [7, 11) is 1.65. The van der Waals surface area contributed by atoms with Crippen molar-refractivity contribution in [1.29, 1.82) is 0 Å². The van der Waals surface area contributed by atoms with Crippen LogP contribution in [0.1, 0.15) is 16.1 Å². The van der Waals surface area contributed by atoms with Crippen LogP contribution in [0.15, 0.2) is 72.8 Å². The number of rotatable bonds is 6. The molecule has 3 nitrogen and oxygen atoms in total. The third-order valence-electron chi connectivity index (χ3n) is 4.15. The number of aromatic nitrogens is 1. The van der Waals surface area contributed by atoms with Crippen molar-refractivity contribution in [2.45, 2.75) is 6.61 Å². The van der Waals surface area contributed by atoms with Crippen LogP contribution in [0.4, 0.5) is 0 Å². The Morgan fingerprint density at radius 2 is 1.70 bits per heavy atom. The number of para-hydroxylation sites is 1. The van der Waals surface area contributed by atoms with E-state index in [1.165, 1.54) is 4.70 Å². The lowest BCUT2D eigenvalue weighted by molar-refractivity contribution is 0.284. The van der Waals surface area contributed by atoms with Crippen molar-refractivity contribution in [1.82, 2.24) is 4.98 Å². The first kappa shape index (κ1) is 17.3. The Kier molecular flexibility index (Phi) is 5.17. The Morgan fingerprint density at radius 3 is 2.52 bits per heavy atom. The van der Waals surface area contributed by atoms with Crippen LogP contribution in [0, 0.1) is 0 Å². The maximum atomic E-state index is 5.98. The highest BCUT2D eigenvalue weighted by molar-refractivity contribution is 7.19. The van der Waals surface area contributed by atoms with E-state index >= 15 is 0 Å². The molecule has 3 aromatic carbocycles. The first-order valence-corrected chi connectivity index (χ1v) is 9.52. The summed E-state index contributed by atoms with van der Waals surface area (Å²) < 4.78 is 12.6. The molecule has 0 radical (unpaired) electrons. The predicted molar refractivity (Wildman–Crippen MR) is 112 cm³/mol. The molecule has 0 aliphatic rings. The zero-order chi connectivity index (χ0) is 18.5. The number of benzene rings is 3. The first-order valence-electron chi connectivity index (χ1n) is 8.70. The monoisotopic (exact) mass is 373 g/mol. The second-order valence-corrected chi connectivity index (χ2v) is 7.10. The Hall–Kier alpha value is -3.11. The van der Waals surface area contributed by atoms with Crippen LogP contribution in [0.5, 0.6) is 11.5 Å². The lowest BCUT2D eigenvalue weighted by atomic mass is 10.2. The van der Waals surface area contributed by atoms with Crippen LogP contribution in [0.25, 0.3) is 22.4 Å². The second-order valence-electron chi connectivity index (χ2n) is 6.04. The van der Waals surface area contributed by atoms with E-state index < -0.39 is 0 Å². The molecule has 1 heterocycles. The lowest BCUT2D eigenvalue weighted by Crippen LogP contribution is -1.97. The van der Waals surface area contributed by atoms with Crippen molar-refractivity contribution in [3.63, 3.8) is 0 Å². The topological polar surface area (TPSA) is 31.4 Å². The van der Waals surface area contributed by atoms with E-state index in [0.717, 1.165) is 33.2 Å². The maximum absolute atomic E-state index is 5.98. The van der Waals surface area contributed by atoms with Crippen molar-refractivity contribution in [2.75, 3.05) is 7.11 Å². The Balaban J connectivity index is 1.54. The molecule has 4 rings (SSSR count). The molecule has 0 saturated carbocycles. The van der Waals surface area contributed by atoms with Gasteiger partial charge >= 0.3 is 0 Å². The number of thiazole rings is 1. The minimum Gasteiger partial charge on any atom is -0.493 e. The molecule has 0 aliphatic carbocycles. The average Bonchev–Trinajstić information content (AvgIpc) is 3.14. The van der Waals surface area contributed by atoms with E-state index in [2.05, 4.69) is 11.1 Å². The summed E-state index contributed by atoms with van der Waals surface area (Å²) in [6, 6.07) is 24.2. The number of fused-ring (bicyclic) bond motifs is 1. The fourth-order valence-corrected chi connectivity index (χ4v) is 3.64. The van der Waals surface area contributed by atoms with Crippen molar-refractivity contribution >= 4 is 33.7 Å². The van der Waals surface area contributed by atoms with Crippen molar-refractivity contribution < 1.29 is 9.47 Å². The Bertz CT molecular complexity index is 1040.